The summed E-state index contributed by atoms with van der Waals surface area (Å²) in [5.41, 5.74) is 6.04. The summed E-state index contributed by atoms with van der Waals surface area (Å²) >= 11 is 0. The number of amides is 2. The standard InChI is InChI=1S/C20H35N3O2/c1-15-6-11-22(12-7-15)18(24)16-8-13-23(14-9-16)19(25)17-5-3-4-10-20(17,2)21/h15-17H,3-14,21H2,1-2H3. The van der Waals surface area contributed by atoms with Gasteiger partial charge in [0.1, 0.15) is 0 Å². The number of piperidine rings is 2. The summed E-state index contributed by atoms with van der Waals surface area (Å²) in [7, 11) is 0. The van der Waals surface area contributed by atoms with Crippen molar-refractivity contribution in [2.24, 2.45) is 23.5 Å². The Kier molecular flexibility index (Phi) is 5.71. The fraction of sp³-hybridized carbons (Fsp3) is 0.900. The zero-order valence-electron chi connectivity index (χ0n) is 16.0. The largest absolute Gasteiger partial charge is 0.342 e. The van der Waals surface area contributed by atoms with E-state index in [-0.39, 0.29) is 23.3 Å². The zero-order chi connectivity index (χ0) is 18.0. The number of rotatable bonds is 2. The summed E-state index contributed by atoms with van der Waals surface area (Å²) in [5, 5.41) is 0. The average Bonchev–Trinajstić information content (AvgIpc) is 2.61. The minimum Gasteiger partial charge on any atom is -0.342 e. The molecule has 1 saturated carbocycles. The van der Waals surface area contributed by atoms with Crippen molar-refractivity contribution in [2.45, 2.75) is 70.8 Å². The smallest absolute Gasteiger partial charge is 0.227 e. The Morgan fingerprint density at radius 2 is 1.44 bits per heavy atom. The molecule has 3 aliphatic rings. The molecule has 2 atom stereocenters. The van der Waals surface area contributed by atoms with Crippen molar-refractivity contribution in [1.82, 2.24) is 9.80 Å². The number of carbonyl (C=O) groups excluding carboxylic acids is 2. The van der Waals surface area contributed by atoms with E-state index >= 15 is 0 Å². The number of nitrogens with two attached hydrogens (primary N) is 1. The third-order valence-electron chi connectivity index (χ3n) is 6.80. The topological polar surface area (TPSA) is 66.6 Å². The van der Waals surface area contributed by atoms with Crippen LogP contribution < -0.4 is 5.73 Å². The molecule has 3 rings (SSSR count). The van der Waals surface area contributed by atoms with E-state index in [0.717, 1.165) is 70.4 Å². The molecule has 5 nitrogen and oxygen atoms in total. The molecule has 1 aliphatic carbocycles. The Bertz CT molecular complexity index is 489. The van der Waals surface area contributed by atoms with Crippen molar-refractivity contribution in [3.8, 4) is 0 Å². The van der Waals surface area contributed by atoms with Crippen LogP contribution in [0.3, 0.4) is 0 Å². The van der Waals surface area contributed by atoms with Gasteiger partial charge in [0.25, 0.3) is 0 Å². The summed E-state index contributed by atoms with van der Waals surface area (Å²) in [6, 6.07) is 0. The molecule has 0 radical (unpaired) electrons. The summed E-state index contributed by atoms with van der Waals surface area (Å²) in [6.07, 6.45) is 7.95. The fourth-order valence-electron chi connectivity index (χ4n) is 4.82. The highest BCUT2D eigenvalue weighted by molar-refractivity contribution is 5.82. The zero-order valence-corrected chi connectivity index (χ0v) is 16.0. The van der Waals surface area contributed by atoms with Gasteiger partial charge >= 0.3 is 0 Å². The van der Waals surface area contributed by atoms with Crippen LogP contribution in [0, 0.1) is 17.8 Å². The molecule has 5 heteroatoms. The van der Waals surface area contributed by atoms with Gasteiger partial charge in [0.05, 0.1) is 5.92 Å². The Balaban J connectivity index is 1.51. The molecule has 2 unspecified atom stereocenters. The maximum Gasteiger partial charge on any atom is 0.227 e. The lowest BCUT2D eigenvalue weighted by atomic mass is 9.73. The Hall–Kier alpha value is -1.10. The monoisotopic (exact) mass is 349 g/mol. The lowest BCUT2D eigenvalue weighted by Gasteiger charge is -2.42. The fourth-order valence-corrected chi connectivity index (χ4v) is 4.82. The summed E-state index contributed by atoms with van der Waals surface area (Å²) in [5.74, 6) is 1.34. The SMILES string of the molecule is CC1CCN(C(=O)C2CCN(C(=O)C3CCCCC3(C)N)CC2)CC1. The third kappa shape index (κ3) is 4.18. The van der Waals surface area contributed by atoms with Gasteiger partial charge in [-0.05, 0) is 51.4 Å². The molecular weight excluding hydrogens is 314 g/mol. The number of nitrogens with zero attached hydrogens (tertiary/aromatic N) is 2. The first-order chi connectivity index (χ1) is 11.9. The van der Waals surface area contributed by atoms with Crippen molar-refractivity contribution in [2.75, 3.05) is 26.2 Å². The van der Waals surface area contributed by atoms with Crippen molar-refractivity contribution in [3.05, 3.63) is 0 Å². The first-order valence-corrected chi connectivity index (χ1v) is 10.2. The molecule has 0 bridgehead atoms. The quantitative estimate of drug-likeness (QED) is 0.832. The molecular formula is C20H35N3O2. The van der Waals surface area contributed by atoms with Crippen LogP contribution in [0.4, 0.5) is 0 Å². The number of hydrogen-bond donors (Lipinski definition) is 1. The predicted molar refractivity (Wildman–Crippen MR) is 98.8 cm³/mol. The van der Waals surface area contributed by atoms with Gasteiger partial charge in [-0.1, -0.05) is 19.8 Å². The molecule has 0 spiro atoms. The van der Waals surface area contributed by atoms with E-state index in [1.54, 1.807) is 0 Å². The lowest BCUT2D eigenvalue weighted by molar-refractivity contribution is -0.145. The van der Waals surface area contributed by atoms with Gasteiger partial charge < -0.3 is 15.5 Å². The van der Waals surface area contributed by atoms with Crippen LogP contribution in [0.5, 0.6) is 0 Å². The van der Waals surface area contributed by atoms with Crippen molar-refractivity contribution < 1.29 is 9.59 Å². The molecule has 2 heterocycles. The van der Waals surface area contributed by atoms with Gasteiger partial charge in [-0.25, -0.2) is 0 Å². The minimum atomic E-state index is -0.369. The van der Waals surface area contributed by atoms with E-state index in [1.165, 1.54) is 0 Å². The summed E-state index contributed by atoms with van der Waals surface area (Å²) in [6.45, 7) is 7.54. The van der Waals surface area contributed by atoms with E-state index in [1.807, 2.05) is 11.8 Å². The predicted octanol–water partition coefficient (Wildman–Crippen LogP) is 2.39. The number of likely N-dealkylation sites (tertiary alicyclic amines) is 2. The van der Waals surface area contributed by atoms with E-state index < -0.39 is 0 Å². The van der Waals surface area contributed by atoms with Crippen LogP contribution >= 0.6 is 0 Å². The van der Waals surface area contributed by atoms with Crippen molar-refractivity contribution in [3.63, 3.8) is 0 Å². The van der Waals surface area contributed by atoms with Crippen LogP contribution in [-0.2, 0) is 9.59 Å². The van der Waals surface area contributed by atoms with Gasteiger partial charge in [0.15, 0.2) is 0 Å². The van der Waals surface area contributed by atoms with E-state index in [2.05, 4.69) is 11.8 Å². The maximum atomic E-state index is 12.9. The second kappa shape index (κ2) is 7.65. The lowest BCUT2D eigenvalue weighted by Crippen LogP contribution is -2.55. The van der Waals surface area contributed by atoms with Crippen LogP contribution in [-0.4, -0.2) is 53.3 Å². The molecule has 0 aromatic heterocycles. The van der Waals surface area contributed by atoms with E-state index in [9.17, 15) is 9.59 Å². The second-order valence-corrected chi connectivity index (χ2v) is 8.91. The number of carbonyl (C=O) groups is 2. The van der Waals surface area contributed by atoms with Crippen molar-refractivity contribution >= 4 is 11.8 Å². The van der Waals surface area contributed by atoms with Gasteiger partial charge in [-0.2, -0.15) is 0 Å². The Morgan fingerprint density at radius 1 is 0.880 bits per heavy atom. The molecule has 2 amide bonds. The molecule has 0 aromatic carbocycles. The van der Waals surface area contributed by atoms with Gasteiger partial charge in [0.2, 0.25) is 11.8 Å². The van der Waals surface area contributed by atoms with Gasteiger partial charge in [0, 0.05) is 37.6 Å². The molecule has 2 N–H and O–H groups in total. The van der Waals surface area contributed by atoms with Crippen molar-refractivity contribution in [1.29, 1.82) is 0 Å². The molecule has 25 heavy (non-hydrogen) atoms. The molecule has 0 aromatic rings. The molecule has 2 aliphatic heterocycles. The van der Waals surface area contributed by atoms with E-state index in [0.29, 0.717) is 19.0 Å². The summed E-state index contributed by atoms with van der Waals surface area (Å²) < 4.78 is 0. The molecule has 142 valence electrons. The normalized spacial score (nSPS) is 32.7. The second-order valence-electron chi connectivity index (χ2n) is 8.91. The summed E-state index contributed by atoms with van der Waals surface area (Å²) in [4.78, 5) is 29.7. The van der Waals surface area contributed by atoms with Crippen LogP contribution in [0.15, 0.2) is 0 Å². The first kappa shape index (κ1) is 18.7. The first-order valence-electron chi connectivity index (χ1n) is 10.2. The van der Waals surface area contributed by atoms with E-state index in [4.69, 9.17) is 5.73 Å². The van der Waals surface area contributed by atoms with Gasteiger partial charge in [-0.15, -0.1) is 0 Å². The Morgan fingerprint density at radius 3 is 2.04 bits per heavy atom. The molecule has 2 saturated heterocycles. The highest BCUT2D eigenvalue weighted by Crippen LogP contribution is 2.34. The minimum absolute atomic E-state index is 0.0444. The highest BCUT2D eigenvalue weighted by Gasteiger charge is 2.41. The van der Waals surface area contributed by atoms with Crippen LogP contribution in [0.25, 0.3) is 0 Å². The maximum absolute atomic E-state index is 12.9. The molecule has 3 fully saturated rings. The third-order valence-corrected chi connectivity index (χ3v) is 6.80. The van der Waals surface area contributed by atoms with Gasteiger partial charge in [-0.3, -0.25) is 9.59 Å². The number of hydrogen-bond acceptors (Lipinski definition) is 3. The average molecular weight is 350 g/mol. The van der Waals surface area contributed by atoms with Crippen LogP contribution in [0.1, 0.15) is 65.2 Å². The van der Waals surface area contributed by atoms with Crippen LogP contribution in [0.2, 0.25) is 0 Å². The highest BCUT2D eigenvalue weighted by atomic mass is 16.2. The Labute approximate surface area is 152 Å².